The van der Waals surface area contributed by atoms with Gasteiger partial charge >= 0.3 is 0 Å². The molecule has 2 rings (SSSR count). The van der Waals surface area contributed by atoms with Gasteiger partial charge < -0.3 is 10.6 Å². The number of carbonyl (C=O) groups is 1. The fraction of sp³-hybridized carbons (Fsp3) is 0.533. The van der Waals surface area contributed by atoms with Crippen molar-refractivity contribution in [3.8, 4) is 0 Å². The van der Waals surface area contributed by atoms with Gasteiger partial charge in [-0.2, -0.15) is 0 Å². The Morgan fingerprint density at radius 3 is 2.70 bits per heavy atom. The van der Waals surface area contributed by atoms with E-state index >= 15 is 0 Å². The second-order valence-corrected chi connectivity index (χ2v) is 5.38. The fourth-order valence-electron chi connectivity index (χ4n) is 2.58. The Bertz CT molecular complexity index is 472. The molecule has 0 aromatic heterocycles. The minimum Gasteiger partial charge on any atom is -0.342 e. The van der Waals surface area contributed by atoms with Gasteiger partial charge in [0, 0.05) is 26.2 Å². The van der Waals surface area contributed by atoms with Crippen LogP contribution in [0.5, 0.6) is 0 Å². The van der Waals surface area contributed by atoms with Gasteiger partial charge in [0.25, 0.3) is 0 Å². The van der Waals surface area contributed by atoms with E-state index in [-0.39, 0.29) is 11.7 Å². The summed E-state index contributed by atoms with van der Waals surface area (Å²) in [7, 11) is 1.90. The van der Waals surface area contributed by atoms with E-state index in [9.17, 15) is 9.18 Å². The third kappa shape index (κ3) is 3.77. The number of benzene rings is 1. The smallest absolute Gasteiger partial charge is 0.236 e. The molecule has 1 aliphatic heterocycles. The zero-order valence-corrected chi connectivity index (χ0v) is 11.9. The van der Waals surface area contributed by atoms with Crippen molar-refractivity contribution in [2.45, 2.75) is 25.9 Å². The molecule has 0 radical (unpaired) electrons. The summed E-state index contributed by atoms with van der Waals surface area (Å²) in [6, 6.07) is 4.64. The average molecular weight is 279 g/mol. The maximum Gasteiger partial charge on any atom is 0.236 e. The Morgan fingerprint density at radius 1 is 1.35 bits per heavy atom. The molecule has 4 nitrogen and oxygen atoms in total. The van der Waals surface area contributed by atoms with Crippen LogP contribution in [0.4, 0.5) is 4.39 Å². The molecule has 1 amide bonds. The summed E-state index contributed by atoms with van der Waals surface area (Å²) in [5.74, 6) is -0.105. The summed E-state index contributed by atoms with van der Waals surface area (Å²) in [4.78, 5) is 15.9. The van der Waals surface area contributed by atoms with Crippen LogP contribution < -0.4 is 5.73 Å². The number of hydrogen-bond acceptors (Lipinski definition) is 3. The highest BCUT2D eigenvalue weighted by Crippen LogP contribution is 2.14. The van der Waals surface area contributed by atoms with Crippen molar-refractivity contribution >= 4 is 5.91 Å². The molecule has 110 valence electrons. The Hall–Kier alpha value is -1.46. The van der Waals surface area contributed by atoms with Crippen LogP contribution in [-0.2, 0) is 17.9 Å². The highest BCUT2D eigenvalue weighted by atomic mass is 19.1. The SMILES string of the molecule is CN(CC(=O)N1CCCC1)Cc1ccc(F)cc1CN. The van der Waals surface area contributed by atoms with Gasteiger partial charge in [-0.25, -0.2) is 4.39 Å². The molecule has 0 unspecified atom stereocenters. The second kappa shape index (κ2) is 6.81. The number of hydrogen-bond donors (Lipinski definition) is 1. The predicted molar refractivity (Wildman–Crippen MR) is 76.4 cm³/mol. The first-order valence-corrected chi connectivity index (χ1v) is 7.04. The van der Waals surface area contributed by atoms with Crippen LogP contribution in [0.25, 0.3) is 0 Å². The van der Waals surface area contributed by atoms with E-state index in [2.05, 4.69) is 0 Å². The number of rotatable bonds is 5. The number of nitrogens with two attached hydrogens (primary N) is 1. The molecule has 5 heteroatoms. The maximum absolute atomic E-state index is 13.2. The summed E-state index contributed by atoms with van der Waals surface area (Å²) in [5.41, 5.74) is 7.41. The maximum atomic E-state index is 13.2. The molecule has 1 aromatic carbocycles. The quantitative estimate of drug-likeness (QED) is 0.885. The van der Waals surface area contributed by atoms with Crippen molar-refractivity contribution < 1.29 is 9.18 Å². The van der Waals surface area contributed by atoms with Gasteiger partial charge in [-0.1, -0.05) is 6.07 Å². The van der Waals surface area contributed by atoms with Crippen molar-refractivity contribution in [1.82, 2.24) is 9.80 Å². The molecule has 0 bridgehead atoms. The van der Waals surface area contributed by atoms with Gasteiger partial charge in [0.05, 0.1) is 6.54 Å². The van der Waals surface area contributed by atoms with Crippen molar-refractivity contribution in [2.75, 3.05) is 26.7 Å². The molecular weight excluding hydrogens is 257 g/mol. The van der Waals surface area contributed by atoms with E-state index in [1.807, 2.05) is 16.8 Å². The molecule has 0 spiro atoms. The van der Waals surface area contributed by atoms with E-state index in [1.165, 1.54) is 12.1 Å². The molecule has 1 fully saturated rings. The molecule has 0 atom stereocenters. The topological polar surface area (TPSA) is 49.6 Å². The molecule has 0 saturated carbocycles. The fourth-order valence-corrected chi connectivity index (χ4v) is 2.58. The third-order valence-electron chi connectivity index (χ3n) is 3.69. The lowest BCUT2D eigenvalue weighted by atomic mass is 10.1. The third-order valence-corrected chi connectivity index (χ3v) is 3.69. The van der Waals surface area contributed by atoms with Crippen molar-refractivity contribution in [2.24, 2.45) is 5.73 Å². The molecule has 20 heavy (non-hydrogen) atoms. The van der Waals surface area contributed by atoms with Gasteiger partial charge in [0.15, 0.2) is 0 Å². The Morgan fingerprint density at radius 2 is 2.05 bits per heavy atom. The summed E-state index contributed by atoms with van der Waals surface area (Å²) >= 11 is 0. The highest BCUT2D eigenvalue weighted by molar-refractivity contribution is 5.78. The number of halogens is 1. The first-order valence-electron chi connectivity index (χ1n) is 7.04. The van der Waals surface area contributed by atoms with E-state index in [4.69, 9.17) is 5.73 Å². The van der Waals surface area contributed by atoms with Gasteiger partial charge in [-0.15, -0.1) is 0 Å². The highest BCUT2D eigenvalue weighted by Gasteiger charge is 2.19. The Labute approximate surface area is 119 Å². The summed E-state index contributed by atoms with van der Waals surface area (Å²) in [6.45, 7) is 3.04. The predicted octanol–water partition coefficient (Wildman–Crippen LogP) is 1.34. The van der Waals surface area contributed by atoms with E-state index in [0.29, 0.717) is 19.6 Å². The lowest BCUT2D eigenvalue weighted by Gasteiger charge is -2.22. The van der Waals surface area contributed by atoms with E-state index in [1.54, 1.807) is 6.07 Å². The average Bonchev–Trinajstić information content (AvgIpc) is 2.94. The van der Waals surface area contributed by atoms with Crippen LogP contribution in [0, 0.1) is 5.82 Å². The van der Waals surface area contributed by atoms with Crippen LogP contribution >= 0.6 is 0 Å². The summed E-state index contributed by atoms with van der Waals surface area (Å²) in [6.07, 6.45) is 2.20. The number of likely N-dealkylation sites (N-methyl/N-ethyl adjacent to an activating group) is 1. The zero-order valence-electron chi connectivity index (χ0n) is 11.9. The van der Waals surface area contributed by atoms with Gasteiger partial charge in [-0.05, 0) is 43.1 Å². The standard InChI is InChI=1S/C15H22FN3O/c1-18(11-15(20)19-6-2-3-7-19)10-12-4-5-14(16)8-13(12)9-17/h4-5,8H,2-3,6-7,9-11,17H2,1H3. The van der Waals surface area contributed by atoms with E-state index in [0.717, 1.165) is 37.1 Å². The molecule has 2 N–H and O–H groups in total. The summed E-state index contributed by atoms with van der Waals surface area (Å²) < 4.78 is 13.2. The Balaban J connectivity index is 1.93. The molecule has 1 heterocycles. The lowest BCUT2D eigenvalue weighted by molar-refractivity contribution is -0.131. The van der Waals surface area contributed by atoms with Crippen molar-refractivity contribution in [1.29, 1.82) is 0 Å². The van der Waals surface area contributed by atoms with Gasteiger partial charge in [-0.3, -0.25) is 9.69 Å². The Kier molecular flexibility index (Phi) is 5.09. The first-order chi connectivity index (χ1) is 9.60. The summed E-state index contributed by atoms with van der Waals surface area (Å²) in [5, 5.41) is 0. The first kappa shape index (κ1) is 14.9. The van der Waals surface area contributed by atoms with E-state index < -0.39 is 0 Å². The monoisotopic (exact) mass is 279 g/mol. The number of likely N-dealkylation sites (tertiary alicyclic amines) is 1. The lowest BCUT2D eigenvalue weighted by Crippen LogP contribution is -2.37. The zero-order chi connectivity index (χ0) is 14.5. The van der Waals surface area contributed by atoms with Gasteiger partial charge in [0.2, 0.25) is 5.91 Å². The molecule has 1 aromatic rings. The minimum absolute atomic E-state index is 0.168. The molecule has 0 aliphatic carbocycles. The molecular formula is C15H22FN3O. The minimum atomic E-state index is -0.273. The number of amides is 1. The van der Waals surface area contributed by atoms with Gasteiger partial charge in [0.1, 0.15) is 5.82 Å². The van der Waals surface area contributed by atoms with Crippen LogP contribution in [0.3, 0.4) is 0 Å². The second-order valence-electron chi connectivity index (χ2n) is 5.38. The molecule has 1 aliphatic rings. The van der Waals surface area contributed by atoms with Crippen LogP contribution in [-0.4, -0.2) is 42.4 Å². The number of carbonyl (C=O) groups excluding carboxylic acids is 1. The van der Waals surface area contributed by atoms with Crippen molar-refractivity contribution in [3.05, 3.63) is 35.1 Å². The van der Waals surface area contributed by atoms with Crippen LogP contribution in [0.15, 0.2) is 18.2 Å². The van der Waals surface area contributed by atoms with Crippen LogP contribution in [0.2, 0.25) is 0 Å². The normalized spacial score (nSPS) is 15.1. The number of nitrogens with zero attached hydrogens (tertiary/aromatic N) is 2. The molecule has 1 saturated heterocycles. The van der Waals surface area contributed by atoms with Crippen LogP contribution in [0.1, 0.15) is 24.0 Å². The van der Waals surface area contributed by atoms with Crippen molar-refractivity contribution in [3.63, 3.8) is 0 Å². The largest absolute Gasteiger partial charge is 0.342 e.